The quantitative estimate of drug-likeness (QED) is 0.498. The van der Waals surface area contributed by atoms with E-state index < -0.39 is 4.92 Å². The first-order chi connectivity index (χ1) is 8.93. The van der Waals surface area contributed by atoms with Crippen LogP contribution < -0.4 is 5.32 Å². The SMILES string of the molecule is CC(CCCl)CNC(=O)c1cc(Cl)cc([N+](=O)[O-])c1. The zero-order valence-electron chi connectivity index (χ0n) is 10.4. The lowest BCUT2D eigenvalue weighted by Crippen LogP contribution is -2.28. The molecular weight excluding hydrogens is 291 g/mol. The summed E-state index contributed by atoms with van der Waals surface area (Å²) in [4.78, 5) is 22.0. The van der Waals surface area contributed by atoms with Crippen molar-refractivity contribution < 1.29 is 9.72 Å². The normalized spacial score (nSPS) is 11.9. The fourth-order valence-electron chi connectivity index (χ4n) is 1.47. The molecule has 1 aromatic carbocycles. The third-order valence-electron chi connectivity index (χ3n) is 2.57. The first-order valence-corrected chi connectivity index (χ1v) is 6.64. The van der Waals surface area contributed by atoms with Crippen LogP contribution in [0.2, 0.25) is 5.02 Å². The summed E-state index contributed by atoms with van der Waals surface area (Å²) in [6, 6.07) is 3.80. The van der Waals surface area contributed by atoms with Crippen molar-refractivity contribution in [3.63, 3.8) is 0 Å². The van der Waals surface area contributed by atoms with Crippen LogP contribution in [0.4, 0.5) is 5.69 Å². The highest BCUT2D eigenvalue weighted by molar-refractivity contribution is 6.31. The van der Waals surface area contributed by atoms with Crippen molar-refractivity contribution in [1.82, 2.24) is 5.32 Å². The summed E-state index contributed by atoms with van der Waals surface area (Å²) in [5, 5.41) is 13.5. The molecule has 1 atom stereocenters. The molecule has 0 aliphatic carbocycles. The van der Waals surface area contributed by atoms with Crippen LogP contribution in [-0.4, -0.2) is 23.3 Å². The molecule has 0 heterocycles. The molecule has 0 aromatic heterocycles. The van der Waals surface area contributed by atoms with Gasteiger partial charge in [-0.25, -0.2) is 0 Å². The van der Waals surface area contributed by atoms with Crippen LogP contribution in [0.25, 0.3) is 0 Å². The summed E-state index contributed by atoms with van der Waals surface area (Å²) in [5.74, 6) is 0.391. The molecular formula is C12H14Cl2N2O3. The van der Waals surface area contributed by atoms with E-state index in [1.807, 2.05) is 6.92 Å². The Morgan fingerprint density at radius 2 is 2.16 bits per heavy atom. The van der Waals surface area contributed by atoms with Crippen molar-refractivity contribution in [1.29, 1.82) is 0 Å². The molecule has 0 radical (unpaired) electrons. The number of nitro benzene ring substituents is 1. The number of amides is 1. The lowest BCUT2D eigenvalue weighted by molar-refractivity contribution is -0.384. The molecule has 0 aliphatic rings. The van der Waals surface area contributed by atoms with Crippen molar-refractivity contribution in [3.05, 3.63) is 38.9 Å². The molecule has 104 valence electrons. The van der Waals surface area contributed by atoms with E-state index in [9.17, 15) is 14.9 Å². The van der Waals surface area contributed by atoms with E-state index in [4.69, 9.17) is 23.2 Å². The Morgan fingerprint density at radius 3 is 2.74 bits per heavy atom. The van der Waals surface area contributed by atoms with Gasteiger partial charge in [-0.3, -0.25) is 14.9 Å². The Morgan fingerprint density at radius 1 is 1.47 bits per heavy atom. The van der Waals surface area contributed by atoms with E-state index in [-0.39, 0.29) is 28.1 Å². The van der Waals surface area contributed by atoms with E-state index in [2.05, 4.69) is 5.32 Å². The zero-order valence-corrected chi connectivity index (χ0v) is 11.9. The minimum absolute atomic E-state index is 0.160. The average molecular weight is 305 g/mol. The first-order valence-electron chi connectivity index (χ1n) is 5.73. The summed E-state index contributed by atoms with van der Waals surface area (Å²) in [7, 11) is 0. The Balaban J connectivity index is 2.74. The highest BCUT2D eigenvalue weighted by Gasteiger charge is 2.14. The van der Waals surface area contributed by atoms with Crippen molar-refractivity contribution >= 4 is 34.8 Å². The zero-order chi connectivity index (χ0) is 14.4. The Kier molecular flexibility index (Phi) is 6.05. The molecule has 0 spiro atoms. The largest absolute Gasteiger partial charge is 0.352 e. The molecule has 1 amide bonds. The Hall–Kier alpha value is -1.33. The number of carbonyl (C=O) groups is 1. The second-order valence-corrected chi connectivity index (χ2v) is 5.06. The standard InChI is InChI=1S/C12H14Cl2N2O3/c1-8(2-3-13)7-15-12(17)9-4-10(14)6-11(5-9)16(18)19/h4-6,8H,2-3,7H2,1H3,(H,15,17). The van der Waals surface area contributed by atoms with Gasteiger partial charge in [-0.2, -0.15) is 0 Å². The van der Waals surface area contributed by atoms with E-state index in [0.29, 0.717) is 12.4 Å². The maximum atomic E-state index is 11.9. The van der Waals surface area contributed by atoms with E-state index >= 15 is 0 Å². The molecule has 0 saturated carbocycles. The molecule has 19 heavy (non-hydrogen) atoms. The van der Waals surface area contributed by atoms with Gasteiger partial charge in [0, 0.05) is 35.1 Å². The van der Waals surface area contributed by atoms with Crippen LogP contribution >= 0.6 is 23.2 Å². The van der Waals surface area contributed by atoms with Crippen LogP contribution in [0.15, 0.2) is 18.2 Å². The number of hydrogen-bond acceptors (Lipinski definition) is 3. The second-order valence-electron chi connectivity index (χ2n) is 4.25. The number of rotatable bonds is 6. The molecule has 1 rings (SSSR count). The summed E-state index contributed by atoms with van der Waals surface area (Å²) in [5.41, 5.74) is -0.0243. The van der Waals surface area contributed by atoms with Crippen molar-refractivity contribution in [3.8, 4) is 0 Å². The van der Waals surface area contributed by atoms with Crippen molar-refractivity contribution in [2.24, 2.45) is 5.92 Å². The average Bonchev–Trinajstić information content (AvgIpc) is 2.35. The van der Waals surface area contributed by atoms with Crippen LogP contribution in [0.1, 0.15) is 23.7 Å². The highest BCUT2D eigenvalue weighted by atomic mass is 35.5. The molecule has 0 fully saturated rings. The van der Waals surface area contributed by atoms with Gasteiger partial charge in [0.1, 0.15) is 0 Å². The summed E-state index contributed by atoms with van der Waals surface area (Å²) >= 11 is 11.3. The summed E-state index contributed by atoms with van der Waals surface area (Å²) in [6.07, 6.45) is 0.789. The maximum absolute atomic E-state index is 11.9. The van der Waals surface area contributed by atoms with E-state index in [0.717, 1.165) is 6.42 Å². The highest BCUT2D eigenvalue weighted by Crippen LogP contribution is 2.20. The third-order valence-corrected chi connectivity index (χ3v) is 3.00. The summed E-state index contributed by atoms with van der Waals surface area (Å²) in [6.45, 7) is 2.43. The lowest BCUT2D eigenvalue weighted by atomic mass is 10.1. The molecule has 0 saturated heterocycles. The number of non-ortho nitro benzene ring substituents is 1. The maximum Gasteiger partial charge on any atom is 0.271 e. The third kappa shape index (κ3) is 5.04. The van der Waals surface area contributed by atoms with Gasteiger partial charge in [-0.15, -0.1) is 11.6 Å². The minimum Gasteiger partial charge on any atom is -0.352 e. The number of benzene rings is 1. The fraction of sp³-hybridized carbons (Fsp3) is 0.417. The molecule has 1 unspecified atom stereocenters. The lowest BCUT2D eigenvalue weighted by Gasteiger charge is -2.11. The molecule has 0 aliphatic heterocycles. The summed E-state index contributed by atoms with van der Waals surface area (Å²) < 4.78 is 0. The van der Waals surface area contributed by atoms with Crippen LogP contribution in [0, 0.1) is 16.0 Å². The number of hydrogen-bond donors (Lipinski definition) is 1. The fourth-order valence-corrected chi connectivity index (χ4v) is 2.07. The number of nitro groups is 1. The molecule has 0 bridgehead atoms. The number of nitrogens with zero attached hydrogens (tertiary/aromatic N) is 1. The molecule has 1 aromatic rings. The monoisotopic (exact) mass is 304 g/mol. The number of nitrogens with one attached hydrogen (secondary N) is 1. The van der Waals surface area contributed by atoms with E-state index in [1.54, 1.807) is 0 Å². The molecule has 7 heteroatoms. The van der Waals surface area contributed by atoms with Gasteiger partial charge >= 0.3 is 0 Å². The van der Waals surface area contributed by atoms with E-state index in [1.165, 1.54) is 18.2 Å². The van der Waals surface area contributed by atoms with Gasteiger partial charge in [-0.1, -0.05) is 18.5 Å². The topological polar surface area (TPSA) is 72.2 Å². The molecule has 5 nitrogen and oxygen atoms in total. The smallest absolute Gasteiger partial charge is 0.271 e. The van der Waals surface area contributed by atoms with Crippen LogP contribution in [0.5, 0.6) is 0 Å². The minimum atomic E-state index is -0.585. The van der Waals surface area contributed by atoms with Gasteiger partial charge < -0.3 is 5.32 Å². The Bertz CT molecular complexity index is 480. The predicted molar refractivity (Wildman–Crippen MR) is 74.9 cm³/mol. The van der Waals surface area contributed by atoms with Crippen LogP contribution in [-0.2, 0) is 0 Å². The number of alkyl halides is 1. The number of halogens is 2. The predicted octanol–water partition coefficient (Wildman–Crippen LogP) is 3.24. The first kappa shape index (κ1) is 15.7. The van der Waals surface area contributed by atoms with Gasteiger partial charge in [0.2, 0.25) is 0 Å². The van der Waals surface area contributed by atoms with Gasteiger partial charge in [0.15, 0.2) is 0 Å². The molecule has 1 N–H and O–H groups in total. The van der Waals surface area contributed by atoms with Gasteiger partial charge in [0.25, 0.3) is 11.6 Å². The van der Waals surface area contributed by atoms with Crippen molar-refractivity contribution in [2.45, 2.75) is 13.3 Å². The Labute approximate surface area is 121 Å². The second kappa shape index (κ2) is 7.31. The van der Waals surface area contributed by atoms with Gasteiger partial charge in [0.05, 0.1) is 4.92 Å². The van der Waals surface area contributed by atoms with Crippen molar-refractivity contribution in [2.75, 3.05) is 12.4 Å². The van der Waals surface area contributed by atoms with Gasteiger partial charge in [-0.05, 0) is 18.4 Å². The van der Waals surface area contributed by atoms with Crippen LogP contribution in [0.3, 0.4) is 0 Å². The number of carbonyl (C=O) groups excluding carboxylic acids is 1.